The van der Waals surface area contributed by atoms with E-state index in [0.29, 0.717) is 24.5 Å². The fraction of sp³-hybridized carbons (Fsp3) is 0.133. The second-order valence-electron chi connectivity index (χ2n) is 8.28. The Bertz CT molecular complexity index is 1340. The molecule has 0 radical (unpaired) electrons. The monoisotopic (exact) mass is 496 g/mol. The van der Waals surface area contributed by atoms with Gasteiger partial charge in [-0.2, -0.15) is 0 Å². The standard InChI is InChI=1S/C30H28N2O5/c1-3-7-24-18-23(20-31-25-12-16-28(17-13-25)37-27-8-5-4-6-9-27)19-29(35-2)30(24)36-21-22-10-14-26(15-11-22)32(33)34/h3-6,8-19,31H,1,7,20-21H2,2H3. The lowest BCUT2D eigenvalue weighted by Gasteiger charge is -2.17. The van der Waals surface area contributed by atoms with Crippen LogP contribution in [-0.2, 0) is 19.6 Å². The summed E-state index contributed by atoms with van der Waals surface area (Å²) in [5, 5.41) is 14.3. The summed E-state index contributed by atoms with van der Waals surface area (Å²) in [6, 6.07) is 27.8. The number of methoxy groups -OCH3 is 1. The van der Waals surface area contributed by atoms with Gasteiger partial charge in [-0.25, -0.2) is 0 Å². The lowest BCUT2D eigenvalue weighted by molar-refractivity contribution is -0.384. The molecule has 7 heteroatoms. The van der Waals surface area contributed by atoms with Crippen LogP contribution < -0.4 is 19.5 Å². The van der Waals surface area contributed by atoms with E-state index in [2.05, 4.69) is 18.0 Å². The van der Waals surface area contributed by atoms with Gasteiger partial charge in [-0.1, -0.05) is 24.3 Å². The highest BCUT2D eigenvalue weighted by Crippen LogP contribution is 2.35. The predicted molar refractivity (Wildman–Crippen MR) is 145 cm³/mol. The van der Waals surface area contributed by atoms with E-state index in [4.69, 9.17) is 14.2 Å². The van der Waals surface area contributed by atoms with E-state index in [9.17, 15) is 10.1 Å². The summed E-state index contributed by atoms with van der Waals surface area (Å²) < 4.78 is 17.6. The molecule has 0 heterocycles. The lowest BCUT2D eigenvalue weighted by Crippen LogP contribution is -2.05. The van der Waals surface area contributed by atoms with Gasteiger partial charge in [0.2, 0.25) is 0 Å². The number of nitrogens with one attached hydrogen (secondary N) is 1. The van der Waals surface area contributed by atoms with Crippen LogP contribution in [0.25, 0.3) is 0 Å². The van der Waals surface area contributed by atoms with Crippen molar-refractivity contribution in [3.05, 3.63) is 130 Å². The van der Waals surface area contributed by atoms with Crippen LogP contribution in [0, 0.1) is 10.1 Å². The average Bonchev–Trinajstić information content (AvgIpc) is 2.92. The molecule has 0 aliphatic rings. The maximum absolute atomic E-state index is 10.9. The molecule has 4 aromatic rings. The number of allylic oxidation sites excluding steroid dienone is 1. The van der Waals surface area contributed by atoms with Crippen LogP contribution in [0.4, 0.5) is 11.4 Å². The van der Waals surface area contributed by atoms with E-state index in [1.807, 2.05) is 66.7 Å². The lowest BCUT2D eigenvalue weighted by atomic mass is 10.1. The smallest absolute Gasteiger partial charge is 0.269 e. The Labute approximate surface area is 216 Å². The molecule has 37 heavy (non-hydrogen) atoms. The Kier molecular flexibility index (Phi) is 8.39. The number of para-hydroxylation sites is 1. The quantitative estimate of drug-likeness (QED) is 0.126. The molecule has 7 nitrogen and oxygen atoms in total. The molecule has 0 aliphatic carbocycles. The van der Waals surface area contributed by atoms with Crippen LogP contribution in [0.2, 0.25) is 0 Å². The van der Waals surface area contributed by atoms with Crippen LogP contribution in [0.1, 0.15) is 16.7 Å². The molecule has 4 rings (SSSR count). The SMILES string of the molecule is C=CCc1cc(CNc2ccc(Oc3ccccc3)cc2)cc(OC)c1OCc1ccc([N+](=O)[O-])cc1. The molecule has 0 aromatic heterocycles. The first kappa shape index (κ1) is 25.3. The zero-order valence-electron chi connectivity index (χ0n) is 20.6. The third-order valence-electron chi connectivity index (χ3n) is 5.64. The number of anilines is 1. The van der Waals surface area contributed by atoms with Gasteiger partial charge in [-0.3, -0.25) is 10.1 Å². The van der Waals surface area contributed by atoms with Crippen molar-refractivity contribution in [2.24, 2.45) is 0 Å². The molecule has 0 amide bonds. The zero-order valence-corrected chi connectivity index (χ0v) is 20.6. The number of benzene rings is 4. The molecule has 0 fully saturated rings. The number of nitro groups is 1. The van der Waals surface area contributed by atoms with Crippen molar-refractivity contribution in [1.29, 1.82) is 0 Å². The van der Waals surface area contributed by atoms with Crippen molar-refractivity contribution in [2.75, 3.05) is 12.4 Å². The highest BCUT2D eigenvalue weighted by atomic mass is 16.6. The van der Waals surface area contributed by atoms with E-state index in [1.165, 1.54) is 12.1 Å². The first-order valence-electron chi connectivity index (χ1n) is 11.8. The molecule has 0 saturated carbocycles. The highest BCUT2D eigenvalue weighted by Gasteiger charge is 2.14. The van der Waals surface area contributed by atoms with Gasteiger partial charge >= 0.3 is 0 Å². The molecule has 0 unspecified atom stereocenters. The summed E-state index contributed by atoms with van der Waals surface area (Å²) in [5.41, 5.74) is 3.80. The van der Waals surface area contributed by atoms with E-state index in [1.54, 1.807) is 19.2 Å². The molecule has 4 aromatic carbocycles. The average molecular weight is 497 g/mol. The minimum absolute atomic E-state index is 0.0453. The molecule has 0 atom stereocenters. The number of hydrogen-bond acceptors (Lipinski definition) is 6. The van der Waals surface area contributed by atoms with Crippen LogP contribution in [-0.4, -0.2) is 12.0 Å². The molecule has 0 aliphatic heterocycles. The number of nitrogens with zero attached hydrogens (tertiary/aromatic N) is 1. The topological polar surface area (TPSA) is 82.9 Å². The summed E-state index contributed by atoms with van der Waals surface area (Å²) in [6.07, 6.45) is 2.42. The van der Waals surface area contributed by atoms with Crippen molar-refractivity contribution in [2.45, 2.75) is 19.6 Å². The fourth-order valence-corrected chi connectivity index (χ4v) is 3.79. The first-order chi connectivity index (χ1) is 18.1. The second-order valence-corrected chi connectivity index (χ2v) is 8.28. The Morgan fingerprint density at radius 1 is 0.919 bits per heavy atom. The molecule has 0 saturated heterocycles. The summed E-state index contributed by atoms with van der Waals surface area (Å²) in [5.74, 6) is 2.80. The Hall–Kier alpha value is -4.78. The molecular weight excluding hydrogens is 468 g/mol. The predicted octanol–water partition coefficient (Wildman–Crippen LogP) is 7.32. The van der Waals surface area contributed by atoms with Gasteiger partial charge in [0.1, 0.15) is 18.1 Å². The third kappa shape index (κ3) is 6.89. The third-order valence-corrected chi connectivity index (χ3v) is 5.64. The Balaban J connectivity index is 1.43. The van der Waals surface area contributed by atoms with Gasteiger partial charge < -0.3 is 19.5 Å². The number of ether oxygens (including phenoxy) is 3. The van der Waals surface area contributed by atoms with E-state index >= 15 is 0 Å². The van der Waals surface area contributed by atoms with Gasteiger partial charge in [-0.05, 0) is 78.2 Å². The van der Waals surface area contributed by atoms with Gasteiger partial charge in [-0.15, -0.1) is 6.58 Å². The molecular formula is C30H28N2O5. The molecule has 0 spiro atoms. The van der Waals surface area contributed by atoms with Crippen molar-refractivity contribution >= 4 is 11.4 Å². The number of rotatable bonds is 12. The summed E-state index contributed by atoms with van der Waals surface area (Å²) in [4.78, 5) is 10.5. The zero-order chi connectivity index (χ0) is 26.0. The second kappa shape index (κ2) is 12.3. The number of non-ortho nitro benzene ring substituents is 1. The van der Waals surface area contributed by atoms with Gasteiger partial charge in [0.05, 0.1) is 12.0 Å². The van der Waals surface area contributed by atoms with Crippen LogP contribution >= 0.6 is 0 Å². The van der Waals surface area contributed by atoms with Crippen LogP contribution in [0.15, 0.2) is 104 Å². The minimum Gasteiger partial charge on any atom is -0.493 e. The van der Waals surface area contributed by atoms with Gasteiger partial charge in [0, 0.05) is 29.9 Å². The Morgan fingerprint density at radius 3 is 2.27 bits per heavy atom. The summed E-state index contributed by atoms with van der Waals surface area (Å²) >= 11 is 0. The summed E-state index contributed by atoms with van der Waals surface area (Å²) in [6.45, 7) is 4.71. The van der Waals surface area contributed by atoms with E-state index < -0.39 is 4.92 Å². The summed E-state index contributed by atoms with van der Waals surface area (Å²) in [7, 11) is 1.61. The number of nitro benzene ring substituents is 1. The maximum atomic E-state index is 10.9. The van der Waals surface area contributed by atoms with E-state index in [0.717, 1.165) is 33.9 Å². The van der Waals surface area contributed by atoms with Crippen molar-refractivity contribution in [1.82, 2.24) is 0 Å². The Morgan fingerprint density at radius 2 is 1.62 bits per heavy atom. The molecule has 1 N–H and O–H groups in total. The largest absolute Gasteiger partial charge is 0.493 e. The first-order valence-corrected chi connectivity index (χ1v) is 11.8. The normalized spacial score (nSPS) is 10.4. The van der Waals surface area contributed by atoms with Crippen molar-refractivity contribution in [3.8, 4) is 23.0 Å². The van der Waals surface area contributed by atoms with Gasteiger partial charge in [0.25, 0.3) is 5.69 Å². The maximum Gasteiger partial charge on any atom is 0.269 e. The minimum atomic E-state index is -0.421. The molecule has 0 bridgehead atoms. The van der Waals surface area contributed by atoms with Crippen LogP contribution in [0.5, 0.6) is 23.0 Å². The van der Waals surface area contributed by atoms with Crippen molar-refractivity contribution < 1.29 is 19.1 Å². The van der Waals surface area contributed by atoms with E-state index in [-0.39, 0.29) is 12.3 Å². The molecule has 188 valence electrons. The number of hydrogen-bond donors (Lipinski definition) is 1. The highest BCUT2D eigenvalue weighted by molar-refractivity contribution is 5.52. The van der Waals surface area contributed by atoms with Gasteiger partial charge in [0.15, 0.2) is 11.5 Å². The van der Waals surface area contributed by atoms with Crippen LogP contribution in [0.3, 0.4) is 0 Å². The van der Waals surface area contributed by atoms with Crippen molar-refractivity contribution in [3.63, 3.8) is 0 Å². The fourth-order valence-electron chi connectivity index (χ4n) is 3.79.